The van der Waals surface area contributed by atoms with Gasteiger partial charge in [-0.05, 0) is 30.7 Å². The highest BCUT2D eigenvalue weighted by molar-refractivity contribution is 7.90. The van der Waals surface area contributed by atoms with Crippen LogP contribution in [0.4, 0.5) is 5.69 Å². The first-order chi connectivity index (χ1) is 10.6. The molecule has 0 spiro atoms. The SMILES string of the molecule is O=C(NS(=O)(=O)CCCNc1ccccc1)c1cccnc1. The van der Waals surface area contributed by atoms with Crippen LogP contribution in [0.3, 0.4) is 0 Å². The van der Waals surface area contributed by atoms with E-state index in [9.17, 15) is 13.2 Å². The normalized spacial score (nSPS) is 10.9. The second-order valence-electron chi connectivity index (χ2n) is 4.64. The summed E-state index contributed by atoms with van der Waals surface area (Å²) in [6.07, 6.45) is 3.23. The van der Waals surface area contributed by atoms with Crippen LogP contribution in [0, 0.1) is 0 Å². The Hall–Kier alpha value is -2.41. The highest BCUT2D eigenvalue weighted by atomic mass is 32.2. The maximum atomic E-state index is 11.8. The van der Waals surface area contributed by atoms with Gasteiger partial charge in [0, 0.05) is 24.6 Å². The number of nitrogens with one attached hydrogen (secondary N) is 2. The highest BCUT2D eigenvalue weighted by Crippen LogP contribution is 2.05. The predicted molar refractivity (Wildman–Crippen MR) is 85.0 cm³/mol. The van der Waals surface area contributed by atoms with Crippen molar-refractivity contribution in [3.63, 3.8) is 0 Å². The van der Waals surface area contributed by atoms with E-state index in [4.69, 9.17) is 0 Å². The van der Waals surface area contributed by atoms with E-state index < -0.39 is 15.9 Å². The van der Waals surface area contributed by atoms with Gasteiger partial charge < -0.3 is 5.32 Å². The van der Waals surface area contributed by atoms with Gasteiger partial charge in [-0.2, -0.15) is 0 Å². The van der Waals surface area contributed by atoms with Crippen LogP contribution in [0.1, 0.15) is 16.8 Å². The minimum atomic E-state index is -3.65. The second kappa shape index (κ2) is 7.56. The summed E-state index contributed by atoms with van der Waals surface area (Å²) in [7, 11) is -3.65. The molecule has 0 aliphatic rings. The maximum Gasteiger partial charge on any atom is 0.266 e. The first-order valence-corrected chi connectivity index (χ1v) is 8.46. The number of rotatable bonds is 7. The molecule has 0 aliphatic carbocycles. The van der Waals surface area contributed by atoms with Crippen molar-refractivity contribution in [2.24, 2.45) is 0 Å². The van der Waals surface area contributed by atoms with Gasteiger partial charge in [0.05, 0.1) is 11.3 Å². The van der Waals surface area contributed by atoms with E-state index in [1.54, 1.807) is 6.07 Å². The summed E-state index contributed by atoms with van der Waals surface area (Å²) in [5.74, 6) is -0.789. The topological polar surface area (TPSA) is 88.2 Å². The number of amides is 1. The van der Waals surface area contributed by atoms with Crippen LogP contribution in [0.15, 0.2) is 54.9 Å². The third kappa shape index (κ3) is 5.17. The lowest BCUT2D eigenvalue weighted by Crippen LogP contribution is -2.33. The van der Waals surface area contributed by atoms with Crippen molar-refractivity contribution in [1.29, 1.82) is 0 Å². The van der Waals surface area contributed by atoms with E-state index in [0.717, 1.165) is 5.69 Å². The molecule has 1 amide bonds. The number of carbonyl (C=O) groups is 1. The van der Waals surface area contributed by atoms with Crippen LogP contribution in [0.5, 0.6) is 0 Å². The average Bonchev–Trinajstić information content (AvgIpc) is 2.53. The molecular formula is C15H17N3O3S. The number of anilines is 1. The van der Waals surface area contributed by atoms with Gasteiger partial charge in [0.25, 0.3) is 5.91 Å². The fourth-order valence-corrected chi connectivity index (χ4v) is 2.83. The fraction of sp³-hybridized carbons (Fsp3) is 0.200. The number of pyridine rings is 1. The third-order valence-electron chi connectivity index (χ3n) is 2.86. The van der Waals surface area contributed by atoms with E-state index in [2.05, 4.69) is 10.3 Å². The number of sulfonamides is 1. The number of hydrogen-bond donors (Lipinski definition) is 2. The molecule has 1 heterocycles. The van der Waals surface area contributed by atoms with Crippen molar-refractivity contribution in [2.45, 2.75) is 6.42 Å². The molecule has 0 saturated carbocycles. The summed E-state index contributed by atoms with van der Waals surface area (Å²) >= 11 is 0. The van der Waals surface area contributed by atoms with Crippen LogP contribution in [-0.2, 0) is 10.0 Å². The summed E-state index contributed by atoms with van der Waals surface area (Å²) in [6, 6.07) is 12.6. The molecule has 22 heavy (non-hydrogen) atoms. The molecule has 6 nitrogen and oxygen atoms in total. The van der Waals surface area contributed by atoms with Crippen LogP contribution in [-0.4, -0.2) is 31.6 Å². The Labute approximate surface area is 129 Å². The summed E-state index contributed by atoms with van der Waals surface area (Å²) in [4.78, 5) is 15.5. The van der Waals surface area contributed by atoms with E-state index in [0.29, 0.717) is 13.0 Å². The number of nitrogens with zero attached hydrogens (tertiary/aromatic N) is 1. The molecule has 0 atom stereocenters. The quantitative estimate of drug-likeness (QED) is 0.758. The van der Waals surface area contributed by atoms with Crippen LogP contribution < -0.4 is 10.0 Å². The number of para-hydroxylation sites is 1. The molecule has 2 N–H and O–H groups in total. The average molecular weight is 319 g/mol. The summed E-state index contributed by atoms with van der Waals surface area (Å²) < 4.78 is 25.7. The second-order valence-corrected chi connectivity index (χ2v) is 6.48. The first-order valence-electron chi connectivity index (χ1n) is 6.80. The zero-order valence-electron chi connectivity index (χ0n) is 11.9. The first kappa shape index (κ1) is 16.0. The molecule has 116 valence electrons. The van der Waals surface area contributed by atoms with Crippen LogP contribution >= 0.6 is 0 Å². The Kier molecular flexibility index (Phi) is 5.48. The Morgan fingerprint density at radius 1 is 1.09 bits per heavy atom. The lowest BCUT2D eigenvalue weighted by atomic mass is 10.3. The maximum absolute atomic E-state index is 11.8. The van der Waals surface area contributed by atoms with Crippen LogP contribution in [0.2, 0.25) is 0 Å². The van der Waals surface area contributed by atoms with E-state index in [-0.39, 0.29) is 11.3 Å². The Balaban J connectivity index is 1.78. The molecule has 2 rings (SSSR count). The number of aromatic nitrogens is 1. The standard InChI is InChI=1S/C15H17N3O3S/c19-15(13-6-4-9-16-12-13)18-22(20,21)11-5-10-17-14-7-2-1-3-8-14/h1-4,6-9,12,17H,5,10-11H2,(H,18,19). The molecule has 0 bridgehead atoms. The van der Waals surface area contributed by atoms with Gasteiger partial charge in [0.15, 0.2) is 0 Å². The highest BCUT2D eigenvalue weighted by Gasteiger charge is 2.15. The number of benzene rings is 1. The van der Waals surface area contributed by atoms with E-state index in [1.165, 1.54) is 18.5 Å². The third-order valence-corrected chi connectivity index (χ3v) is 4.19. The smallest absolute Gasteiger partial charge is 0.266 e. The largest absolute Gasteiger partial charge is 0.385 e. The van der Waals surface area contributed by atoms with Gasteiger partial charge in [0.1, 0.15) is 0 Å². The molecule has 0 unspecified atom stereocenters. The molecule has 1 aromatic heterocycles. The van der Waals surface area contributed by atoms with Gasteiger partial charge in [-0.3, -0.25) is 9.78 Å². The van der Waals surface area contributed by atoms with E-state index >= 15 is 0 Å². The number of carbonyl (C=O) groups excluding carboxylic acids is 1. The van der Waals surface area contributed by atoms with Crippen molar-refractivity contribution in [2.75, 3.05) is 17.6 Å². The van der Waals surface area contributed by atoms with Crippen molar-refractivity contribution >= 4 is 21.6 Å². The van der Waals surface area contributed by atoms with Gasteiger partial charge >= 0.3 is 0 Å². The summed E-state index contributed by atoms with van der Waals surface area (Å²) in [6.45, 7) is 0.506. The van der Waals surface area contributed by atoms with Crippen molar-refractivity contribution in [1.82, 2.24) is 9.71 Å². The molecule has 0 saturated heterocycles. The Morgan fingerprint density at radius 2 is 1.86 bits per heavy atom. The van der Waals surface area contributed by atoms with Gasteiger partial charge in [-0.15, -0.1) is 0 Å². The van der Waals surface area contributed by atoms with Crippen molar-refractivity contribution in [3.8, 4) is 0 Å². The minimum absolute atomic E-state index is 0.126. The lowest BCUT2D eigenvalue weighted by Gasteiger charge is -2.08. The molecule has 1 aromatic carbocycles. The fourth-order valence-electron chi connectivity index (χ4n) is 1.80. The zero-order chi connectivity index (χ0) is 15.8. The van der Waals surface area contributed by atoms with Gasteiger partial charge in [-0.25, -0.2) is 13.1 Å². The zero-order valence-corrected chi connectivity index (χ0v) is 12.7. The van der Waals surface area contributed by atoms with Gasteiger partial charge in [-0.1, -0.05) is 18.2 Å². The van der Waals surface area contributed by atoms with Crippen molar-refractivity contribution < 1.29 is 13.2 Å². The van der Waals surface area contributed by atoms with Gasteiger partial charge in [0.2, 0.25) is 10.0 Å². The lowest BCUT2D eigenvalue weighted by molar-refractivity contribution is 0.0981. The van der Waals surface area contributed by atoms with Crippen LogP contribution in [0.25, 0.3) is 0 Å². The van der Waals surface area contributed by atoms with E-state index in [1.807, 2.05) is 35.1 Å². The summed E-state index contributed by atoms with van der Waals surface area (Å²) in [5, 5.41) is 3.12. The molecule has 7 heteroatoms. The molecular weight excluding hydrogens is 302 g/mol. The molecule has 0 fully saturated rings. The molecule has 0 aliphatic heterocycles. The Bertz CT molecular complexity index is 703. The monoisotopic (exact) mass is 319 g/mol. The molecule has 2 aromatic rings. The summed E-state index contributed by atoms with van der Waals surface area (Å²) in [5.41, 5.74) is 1.15. The van der Waals surface area contributed by atoms with Crippen molar-refractivity contribution in [3.05, 3.63) is 60.4 Å². The molecule has 0 radical (unpaired) electrons. The predicted octanol–water partition coefficient (Wildman–Crippen LogP) is 1.64. The number of hydrogen-bond acceptors (Lipinski definition) is 5. The Morgan fingerprint density at radius 3 is 2.55 bits per heavy atom. The minimum Gasteiger partial charge on any atom is -0.385 e.